The van der Waals surface area contributed by atoms with Crippen molar-refractivity contribution >= 4 is 17.6 Å². The molecule has 2 aromatic carbocycles. The van der Waals surface area contributed by atoms with E-state index in [-0.39, 0.29) is 11.6 Å². The predicted octanol–water partition coefficient (Wildman–Crippen LogP) is 3.73. The third-order valence-electron chi connectivity index (χ3n) is 3.88. The second-order valence-corrected chi connectivity index (χ2v) is 6.01. The first-order chi connectivity index (χ1) is 12.3. The molecule has 1 atom stereocenters. The molecule has 1 unspecified atom stereocenters. The third kappa shape index (κ3) is 4.44. The molecular formula is C19H19NO6. The van der Waals surface area contributed by atoms with Gasteiger partial charge >= 0.3 is 11.9 Å². The van der Waals surface area contributed by atoms with E-state index < -0.39 is 22.8 Å². The van der Waals surface area contributed by atoms with Crippen molar-refractivity contribution in [3.05, 3.63) is 69.8 Å². The molecule has 0 saturated heterocycles. The van der Waals surface area contributed by atoms with E-state index in [0.717, 1.165) is 0 Å². The highest BCUT2D eigenvalue weighted by Crippen LogP contribution is 2.28. The van der Waals surface area contributed by atoms with Crippen LogP contribution in [0.15, 0.2) is 48.5 Å². The summed E-state index contributed by atoms with van der Waals surface area (Å²) in [7, 11) is 1.29. The summed E-state index contributed by atoms with van der Waals surface area (Å²) in [5.74, 6) is -1.29. The fraction of sp³-hybridized carbons (Fsp3) is 0.263. The summed E-state index contributed by atoms with van der Waals surface area (Å²) in [6.07, 6.45) is 0. The molecule has 0 aromatic heterocycles. The molecule has 0 aliphatic carbocycles. The topological polar surface area (TPSA) is 95.7 Å². The first-order valence-electron chi connectivity index (χ1n) is 7.98. The molecule has 2 aromatic rings. The van der Waals surface area contributed by atoms with Crippen molar-refractivity contribution in [3.8, 4) is 5.75 Å². The van der Waals surface area contributed by atoms with Gasteiger partial charge in [0.25, 0.3) is 5.69 Å². The van der Waals surface area contributed by atoms with Crippen molar-refractivity contribution in [1.82, 2.24) is 0 Å². The highest BCUT2D eigenvalue weighted by atomic mass is 16.6. The molecule has 0 fully saturated rings. The monoisotopic (exact) mass is 357 g/mol. The van der Waals surface area contributed by atoms with Crippen LogP contribution in [0.2, 0.25) is 0 Å². The van der Waals surface area contributed by atoms with E-state index in [1.807, 2.05) is 13.8 Å². The predicted molar refractivity (Wildman–Crippen MR) is 94.1 cm³/mol. The Hall–Kier alpha value is -3.22. The van der Waals surface area contributed by atoms with Gasteiger partial charge in [-0.25, -0.2) is 4.79 Å². The molecule has 0 heterocycles. The number of carbonyl (C=O) groups excluding carboxylic acids is 2. The maximum atomic E-state index is 12.6. The molecule has 0 amide bonds. The number of esters is 2. The minimum atomic E-state index is -0.573. The average molecular weight is 357 g/mol. The van der Waals surface area contributed by atoms with Crippen LogP contribution in [0, 0.1) is 16.0 Å². The van der Waals surface area contributed by atoms with Crippen LogP contribution >= 0.6 is 0 Å². The Bertz CT molecular complexity index is 796. The largest absolute Gasteiger partial charge is 0.465 e. The number of benzene rings is 2. The number of methoxy groups -OCH3 is 1. The molecule has 0 radical (unpaired) electrons. The molecule has 2 rings (SSSR count). The molecule has 0 aliphatic rings. The smallest absolute Gasteiger partial charge is 0.337 e. The Morgan fingerprint density at radius 2 is 1.58 bits per heavy atom. The summed E-state index contributed by atoms with van der Waals surface area (Å²) < 4.78 is 10.0. The molecular weight excluding hydrogens is 338 g/mol. The molecule has 26 heavy (non-hydrogen) atoms. The number of hydrogen-bond donors (Lipinski definition) is 0. The van der Waals surface area contributed by atoms with Crippen molar-refractivity contribution in [2.75, 3.05) is 7.11 Å². The zero-order valence-corrected chi connectivity index (χ0v) is 14.7. The van der Waals surface area contributed by atoms with E-state index in [2.05, 4.69) is 4.74 Å². The summed E-state index contributed by atoms with van der Waals surface area (Å²) in [5, 5.41) is 10.8. The van der Waals surface area contributed by atoms with E-state index in [4.69, 9.17) is 4.74 Å². The van der Waals surface area contributed by atoms with Gasteiger partial charge in [-0.15, -0.1) is 0 Å². The van der Waals surface area contributed by atoms with Crippen molar-refractivity contribution in [3.63, 3.8) is 0 Å². The minimum Gasteiger partial charge on any atom is -0.465 e. The van der Waals surface area contributed by atoms with Gasteiger partial charge in [-0.1, -0.05) is 26.0 Å². The van der Waals surface area contributed by atoms with Crippen LogP contribution in [-0.2, 0) is 9.53 Å². The summed E-state index contributed by atoms with van der Waals surface area (Å²) in [6.45, 7) is 3.74. The highest BCUT2D eigenvalue weighted by Gasteiger charge is 2.27. The van der Waals surface area contributed by atoms with Gasteiger partial charge in [0.05, 0.1) is 23.5 Å². The Labute approximate surface area is 150 Å². The lowest BCUT2D eigenvalue weighted by Crippen LogP contribution is -2.23. The Kier molecular flexibility index (Phi) is 6.06. The van der Waals surface area contributed by atoms with Gasteiger partial charge in [0, 0.05) is 12.1 Å². The van der Waals surface area contributed by atoms with Crippen LogP contribution < -0.4 is 4.74 Å². The second kappa shape index (κ2) is 8.24. The normalized spacial score (nSPS) is 11.7. The lowest BCUT2D eigenvalue weighted by atomic mass is 9.88. The molecule has 7 nitrogen and oxygen atoms in total. The fourth-order valence-corrected chi connectivity index (χ4v) is 2.55. The quantitative estimate of drug-likeness (QED) is 0.338. The van der Waals surface area contributed by atoms with Crippen LogP contribution in [0.3, 0.4) is 0 Å². The molecule has 0 aliphatic heterocycles. The van der Waals surface area contributed by atoms with Gasteiger partial charge in [-0.3, -0.25) is 14.9 Å². The van der Waals surface area contributed by atoms with Gasteiger partial charge in [-0.2, -0.15) is 0 Å². The van der Waals surface area contributed by atoms with Crippen LogP contribution in [0.4, 0.5) is 5.69 Å². The molecule has 0 saturated carbocycles. The summed E-state index contributed by atoms with van der Waals surface area (Å²) in [6, 6.07) is 11.9. The zero-order chi connectivity index (χ0) is 19.3. The SMILES string of the molecule is COC(=O)c1ccc(OC(=O)C(c2ccc([N+](=O)[O-])cc2)C(C)C)cc1. The Morgan fingerprint density at radius 1 is 1.00 bits per heavy atom. The fourth-order valence-electron chi connectivity index (χ4n) is 2.55. The number of non-ortho nitro benzene ring substituents is 1. The van der Waals surface area contributed by atoms with Gasteiger partial charge in [0.15, 0.2) is 0 Å². The number of ether oxygens (including phenoxy) is 2. The molecule has 7 heteroatoms. The number of hydrogen-bond acceptors (Lipinski definition) is 6. The number of nitro groups is 1. The van der Waals surface area contributed by atoms with Gasteiger partial charge in [0.1, 0.15) is 5.75 Å². The molecule has 0 bridgehead atoms. The van der Waals surface area contributed by atoms with E-state index in [0.29, 0.717) is 16.9 Å². The highest BCUT2D eigenvalue weighted by molar-refractivity contribution is 5.89. The number of nitrogens with zero attached hydrogens (tertiary/aromatic N) is 1. The van der Waals surface area contributed by atoms with Gasteiger partial charge in [-0.05, 0) is 35.7 Å². The lowest BCUT2D eigenvalue weighted by Gasteiger charge is -2.19. The number of rotatable bonds is 6. The molecule has 0 N–H and O–H groups in total. The minimum absolute atomic E-state index is 0.0389. The zero-order valence-electron chi connectivity index (χ0n) is 14.7. The van der Waals surface area contributed by atoms with Crippen LogP contribution in [0.25, 0.3) is 0 Å². The van der Waals surface area contributed by atoms with Gasteiger partial charge in [0.2, 0.25) is 0 Å². The first kappa shape index (κ1) is 19.1. The van der Waals surface area contributed by atoms with E-state index in [1.165, 1.54) is 43.5 Å². The van der Waals surface area contributed by atoms with Crippen molar-refractivity contribution in [1.29, 1.82) is 0 Å². The number of nitro benzene ring substituents is 1. The maximum absolute atomic E-state index is 12.6. The van der Waals surface area contributed by atoms with Crippen molar-refractivity contribution in [2.24, 2.45) is 5.92 Å². The van der Waals surface area contributed by atoms with E-state index in [9.17, 15) is 19.7 Å². The average Bonchev–Trinajstić information content (AvgIpc) is 2.62. The first-order valence-corrected chi connectivity index (χ1v) is 7.98. The lowest BCUT2D eigenvalue weighted by molar-refractivity contribution is -0.384. The number of carbonyl (C=O) groups is 2. The van der Waals surface area contributed by atoms with Crippen molar-refractivity contribution in [2.45, 2.75) is 19.8 Å². The molecule has 136 valence electrons. The maximum Gasteiger partial charge on any atom is 0.337 e. The van der Waals surface area contributed by atoms with Crippen LogP contribution in [-0.4, -0.2) is 24.0 Å². The van der Waals surface area contributed by atoms with E-state index in [1.54, 1.807) is 12.1 Å². The van der Waals surface area contributed by atoms with E-state index >= 15 is 0 Å². The Morgan fingerprint density at radius 3 is 2.04 bits per heavy atom. The van der Waals surface area contributed by atoms with Crippen molar-refractivity contribution < 1.29 is 24.0 Å². The van der Waals surface area contributed by atoms with Crippen LogP contribution in [0.1, 0.15) is 35.7 Å². The third-order valence-corrected chi connectivity index (χ3v) is 3.88. The van der Waals surface area contributed by atoms with Crippen LogP contribution in [0.5, 0.6) is 5.75 Å². The van der Waals surface area contributed by atoms with Gasteiger partial charge < -0.3 is 9.47 Å². The standard InChI is InChI=1S/C19H19NO6/c1-12(2)17(13-4-8-15(9-5-13)20(23)24)19(22)26-16-10-6-14(7-11-16)18(21)25-3/h4-12,17H,1-3H3. The summed E-state index contributed by atoms with van der Waals surface area (Å²) in [4.78, 5) is 34.3. The Balaban J connectivity index is 2.18. The second-order valence-electron chi connectivity index (χ2n) is 6.01. The summed E-state index contributed by atoms with van der Waals surface area (Å²) >= 11 is 0. The molecule has 0 spiro atoms. The summed E-state index contributed by atoms with van der Waals surface area (Å²) in [5.41, 5.74) is 0.952.